The van der Waals surface area contributed by atoms with Crippen LogP contribution in [0.2, 0.25) is 0 Å². The van der Waals surface area contributed by atoms with Gasteiger partial charge in [0.1, 0.15) is 6.10 Å². The Morgan fingerprint density at radius 2 is 2.08 bits per heavy atom. The summed E-state index contributed by atoms with van der Waals surface area (Å²) in [6, 6.07) is 5.63. The van der Waals surface area contributed by atoms with E-state index >= 15 is 0 Å². The normalized spacial score (nSPS) is 17.8. The lowest BCUT2D eigenvalue weighted by Gasteiger charge is -2.33. The van der Waals surface area contributed by atoms with Gasteiger partial charge in [0.15, 0.2) is 0 Å². The van der Waals surface area contributed by atoms with Gasteiger partial charge in [0.25, 0.3) is 11.6 Å². The van der Waals surface area contributed by atoms with E-state index in [1.54, 1.807) is 18.5 Å². The van der Waals surface area contributed by atoms with Crippen LogP contribution in [0.4, 0.5) is 0 Å². The second kappa shape index (κ2) is 6.25. The zero-order valence-corrected chi connectivity index (χ0v) is 14.1. The minimum atomic E-state index is -0.150. The first-order chi connectivity index (χ1) is 12.1. The second-order valence-electron chi connectivity index (χ2n) is 6.15. The van der Waals surface area contributed by atoms with Gasteiger partial charge < -0.3 is 14.2 Å². The maximum atomic E-state index is 13.2. The molecule has 1 saturated heterocycles. The molecule has 0 saturated carbocycles. The van der Waals surface area contributed by atoms with Crippen LogP contribution in [0.25, 0.3) is 11.1 Å². The molecule has 7 heteroatoms. The summed E-state index contributed by atoms with van der Waals surface area (Å²) in [5.74, 6) is -0.0517. The molecule has 1 atom stereocenters. The average molecular weight is 338 g/mol. The molecule has 3 aromatic rings. The van der Waals surface area contributed by atoms with Crippen molar-refractivity contribution in [2.24, 2.45) is 0 Å². The molecular formula is C18H18N4O3. The Bertz CT molecular complexity index is 923. The maximum absolute atomic E-state index is 13.2. The molecule has 4 heterocycles. The van der Waals surface area contributed by atoms with Crippen LogP contribution in [0.3, 0.4) is 0 Å². The lowest BCUT2D eigenvalue weighted by atomic mass is 10.1. The van der Waals surface area contributed by atoms with E-state index in [0.29, 0.717) is 42.1 Å². The zero-order chi connectivity index (χ0) is 17.4. The lowest BCUT2D eigenvalue weighted by molar-refractivity contribution is -0.0227. The van der Waals surface area contributed by atoms with Gasteiger partial charge >= 0.3 is 0 Å². The van der Waals surface area contributed by atoms with E-state index in [1.807, 2.05) is 30.9 Å². The van der Waals surface area contributed by atoms with Crippen molar-refractivity contribution in [3.63, 3.8) is 0 Å². The maximum Gasteiger partial charge on any atom is 0.258 e. The molecule has 0 N–H and O–H groups in total. The summed E-state index contributed by atoms with van der Waals surface area (Å²) in [7, 11) is 0. The molecule has 3 aromatic heterocycles. The summed E-state index contributed by atoms with van der Waals surface area (Å²) in [6.45, 7) is 5.20. The molecule has 0 radical (unpaired) electrons. The Kier molecular flexibility index (Phi) is 3.93. The molecule has 1 aliphatic rings. The van der Waals surface area contributed by atoms with Crippen molar-refractivity contribution in [1.82, 2.24) is 20.0 Å². The number of amides is 1. The third-order valence-electron chi connectivity index (χ3n) is 4.41. The summed E-state index contributed by atoms with van der Waals surface area (Å²) < 4.78 is 11.1. The van der Waals surface area contributed by atoms with Gasteiger partial charge in [0.2, 0.25) is 0 Å². The summed E-state index contributed by atoms with van der Waals surface area (Å²) >= 11 is 0. The quantitative estimate of drug-likeness (QED) is 0.714. The van der Waals surface area contributed by atoms with Gasteiger partial charge in [0, 0.05) is 24.6 Å². The first-order valence-corrected chi connectivity index (χ1v) is 8.18. The third-order valence-corrected chi connectivity index (χ3v) is 4.41. The highest BCUT2D eigenvalue weighted by molar-refractivity contribution is 6.06. The molecule has 1 fully saturated rings. The number of pyridine rings is 2. The molecule has 128 valence electrons. The standard InChI is InChI=1S/C18H18N4O3/c1-11-9-14(16-12(2)21-25-17(16)20-11)18(23)22-7-8-24-15(10-22)13-3-5-19-6-4-13/h3-6,9,15H,7-8,10H2,1-2H3/t15-/m0/s1. The summed E-state index contributed by atoms with van der Waals surface area (Å²) in [6.07, 6.45) is 3.31. The number of morpholine rings is 1. The van der Waals surface area contributed by atoms with E-state index in [1.165, 1.54) is 0 Å². The van der Waals surface area contributed by atoms with Crippen molar-refractivity contribution in [1.29, 1.82) is 0 Å². The van der Waals surface area contributed by atoms with Gasteiger partial charge in [-0.3, -0.25) is 9.78 Å². The number of carbonyl (C=O) groups excluding carboxylic acids is 1. The molecule has 0 aromatic carbocycles. The molecule has 0 spiro atoms. The molecule has 0 bridgehead atoms. The van der Waals surface area contributed by atoms with Gasteiger partial charge in [-0.2, -0.15) is 0 Å². The average Bonchev–Trinajstić information content (AvgIpc) is 3.02. The highest BCUT2D eigenvalue weighted by atomic mass is 16.5. The highest BCUT2D eigenvalue weighted by Crippen LogP contribution is 2.26. The van der Waals surface area contributed by atoms with Crippen LogP contribution in [-0.4, -0.2) is 45.6 Å². The third kappa shape index (κ3) is 2.87. The van der Waals surface area contributed by atoms with Gasteiger partial charge in [0.05, 0.1) is 29.8 Å². The monoisotopic (exact) mass is 338 g/mol. The Morgan fingerprint density at radius 3 is 2.88 bits per heavy atom. The number of nitrogens with zero attached hydrogens (tertiary/aromatic N) is 4. The van der Waals surface area contributed by atoms with Crippen molar-refractivity contribution in [2.75, 3.05) is 19.7 Å². The molecule has 25 heavy (non-hydrogen) atoms. The van der Waals surface area contributed by atoms with Crippen molar-refractivity contribution < 1.29 is 14.1 Å². The van der Waals surface area contributed by atoms with E-state index < -0.39 is 0 Å². The number of rotatable bonds is 2. The lowest BCUT2D eigenvalue weighted by Crippen LogP contribution is -2.42. The van der Waals surface area contributed by atoms with Gasteiger partial charge in [-0.25, -0.2) is 4.98 Å². The Morgan fingerprint density at radius 1 is 1.28 bits per heavy atom. The van der Waals surface area contributed by atoms with Gasteiger partial charge in [-0.1, -0.05) is 5.16 Å². The molecule has 0 unspecified atom stereocenters. The van der Waals surface area contributed by atoms with E-state index in [9.17, 15) is 4.79 Å². The Labute approximate surface area is 144 Å². The van der Waals surface area contributed by atoms with E-state index in [-0.39, 0.29) is 12.0 Å². The topological polar surface area (TPSA) is 81.4 Å². The molecule has 0 aliphatic carbocycles. The fraction of sp³-hybridized carbons (Fsp3) is 0.333. The van der Waals surface area contributed by atoms with Crippen molar-refractivity contribution in [3.8, 4) is 0 Å². The van der Waals surface area contributed by atoms with E-state index in [2.05, 4.69) is 15.1 Å². The number of ether oxygens (including phenoxy) is 1. The summed E-state index contributed by atoms with van der Waals surface area (Å²) in [4.78, 5) is 23.3. The van der Waals surface area contributed by atoms with Crippen LogP contribution >= 0.6 is 0 Å². The summed E-state index contributed by atoms with van der Waals surface area (Å²) in [5.41, 5.74) is 3.40. The second-order valence-corrected chi connectivity index (χ2v) is 6.15. The largest absolute Gasteiger partial charge is 0.370 e. The molecule has 4 rings (SSSR count). The first-order valence-electron chi connectivity index (χ1n) is 8.18. The first kappa shape index (κ1) is 15.7. The number of carbonyl (C=O) groups is 1. The molecular weight excluding hydrogens is 320 g/mol. The van der Waals surface area contributed by atoms with Crippen LogP contribution in [0.1, 0.15) is 33.4 Å². The molecule has 7 nitrogen and oxygen atoms in total. The van der Waals surface area contributed by atoms with E-state index in [0.717, 1.165) is 11.3 Å². The fourth-order valence-electron chi connectivity index (χ4n) is 3.17. The van der Waals surface area contributed by atoms with Crippen LogP contribution in [0.5, 0.6) is 0 Å². The van der Waals surface area contributed by atoms with Crippen molar-refractivity contribution >= 4 is 17.0 Å². The predicted octanol–water partition coefficient (Wildman–Crippen LogP) is 2.45. The summed E-state index contributed by atoms with van der Waals surface area (Å²) in [5, 5.41) is 4.63. The van der Waals surface area contributed by atoms with E-state index in [4.69, 9.17) is 9.26 Å². The number of fused-ring (bicyclic) bond motifs is 1. The number of aromatic nitrogens is 3. The predicted molar refractivity (Wildman–Crippen MR) is 90.1 cm³/mol. The van der Waals surface area contributed by atoms with Gasteiger partial charge in [-0.15, -0.1) is 0 Å². The zero-order valence-electron chi connectivity index (χ0n) is 14.1. The molecule has 1 aliphatic heterocycles. The molecule has 1 amide bonds. The SMILES string of the molecule is Cc1cc(C(=O)N2CCO[C@H](c3ccncc3)C2)c2c(C)noc2n1. The van der Waals surface area contributed by atoms with Gasteiger partial charge in [-0.05, 0) is 37.6 Å². The smallest absolute Gasteiger partial charge is 0.258 e. The minimum Gasteiger partial charge on any atom is -0.370 e. The Hall–Kier alpha value is -2.80. The Balaban J connectivity index is 1.66. The fourth-order valence-corrected chi connectivity index (χ4v) is 3.17. The number of hydrogen-bond donors (Lipinski definition) is 0. The minimum absolute atomic E-state index is 0.0517. The van der Waals surface area contributed by atoms with Crippen LogP contribution in [-0.2, 0) is 4.74 Å². The van der Waals surface area contributed by atoms with Crippen LogP contribution in [0.15, 0.2) is 35.1 Å². The van der Waals surface area contributed by atoms with Crippen molar-refractivity contribution in [2.45, 2.75) is 20.0 Å². The van der Waals surface area contributed by atoms with Crippen LogP contribution in [0, 0.1) is 13.8 Å². The van der Waals surface area contributed by atoms with Crippen molar-refractivity contribution in [3.05, 3.63) is 53.1 Å². The van der Waals surface area contributed by atoms with Crippen LogP contribution < -0.4 is 0 Å². The number of hydrogen-bond acceptors (Lipinski definition) is 6. The number of aryl methyl sites for hydroxylation is 2. The highest BCUT2D eigenvalue weighted by Gasteiger charge is 2.28.